The molecule has 1 aromatic heterocycles. The second-order valence-electron chi connectivity index (χ2n) is 4.17. The monoisotopic (exact) mass is 281 g/mol. The van der Waals surface area contributed by atoms with E-state index in [2.05, 4.69) is 4.98 Å². The number of ketones is 1. The van der Waals surface area contributed by atoms with Crippen LogP contribution in [0.2, 0.25) is 5.02 Å². The number of benzene rings is 1. The minimum Gasteiger partial charge on any atom is -0.292 e. The number of pyridine rings is 1. The third kappa shape index (κ3) is 3.15. The van der Waals surface area contributed by atoms with Crippen LogP contribution in [-0.4, -0.2) is 10.8 Å². The molecule has 0 aliphatic rings. The first-order chi connectivity index (χ1) is 8.97. The molecular formula is C14H10ClF2NO. The summed E-state index contributed by atoms with van der Waals surface area (Å²) in [4.78, 5) is 15.6. The summed E-state index contributed by atoms with van der Waals surface area (Å²) in [6.07, 6.45) is 1.18. The topological polar surface area (TPSA) is 30.0 Å². The molecule has 1 heterocycles. The van der Waals surface area contributed by atoms with Crippen molar-refractivity contribution in [2.24, 2.45) is 0 Å². The van der Waals surface area contributed by atoms with Crippen molar-refractivity contribution in [2.75, 3.05) is 0 Å². The molecule has 1 aromatic carbocycles. The van der Waals surface area contributed by atoms with E-state index in [1.807, 2.05) is 0 Å². The van der Waals surface area contributed by atoms with Gasteiger partial charge in [-0.1, -0.05) is 23.7 Å². The Morgan fingerprint density at radius 1 is 1.26 bits per heavy atom. The van der Waals surface area contributed by atoms with Crippen molar-refractivity contribution in [1.29, 1.82) is 0 Å². The van der Waals surface area contributed by atoms with Crippen molar-refractivity contribution in [3.05, 3.63) is 63.9 Å². The first-order valence-electron chi connectivity index (χ1n) is 5.56. The summed E-state index contributed by atoms with van der Waals surface area (Å²) in [5.74, 6) is -1.57. The number of aryl methyl sites for hydroxylation is 1. The van der Waals surface area contributed by atoms with Crippen LogP contribution in [0.5, 0.6) is 0 Å². The van der Waals surface area contributed by atoms with Gasteiger partial charge in [0.2, 0.25) is 0 Å². The van der Waals surface area contributed by atoms with Crippen LogP contribution >= 0.6 is 11.6 Å². The largest absolute Gasteiger partial charge is 0.292 e. The van der Waals surface area contributed by atoms with Gasteiger partial charge in [0.05, 0.1) is 5.02 Å². The first-order valence-corrected chi connectivity index (χ1v) is 5.94. The zero-order valence-corrected chi connectivity index (χ0v) is 10.8. The van der Waals surface area contributed by atoms with E-state index in [0.717, 1.165) is 6.07 Å². The lowest BCUT2D eigenvalue weighted by molar-refractivity contribution is 0.0984. The number of carbonyl (C=O) groups excluding carboxylic acids is 1. The van der Waals surface area contributed by atoms with Gasteiger partial charge in [-0.25, -0.2) is 13.8 Å². The Hall–Kier alpha value is -1.81. The molecule has 0 unspecified atom stereocenters. The smallest absolute Gasteiger partial charge is 0.188 e. The number of hydrogen-bond acceptors (Lipinski definition) is 2. The zero-order valence-electron chi connectivity index (χ0n) is 10.1. The number of nitrogens with zero attached hydrogens (tertiary/aromatic N) is 1. The van der Waals surface area contributed by atoms with Crippen molar-refractivity contribution in [3.63, 3.8) is 0 Å². The summed E-state index contributed by atoms with van der Waals surface area (Å²) in [6.45, 7) is 1.60. The van der Waals surface area contributed by atoms with E-state index in [0.29, 0.717) is 11.1 Å². The van der Waals surface area contributed by atoms with Gasteiger partial charge in [-0.3, -0.25) is 4.79 Å². The summed E-state index contributed by atoms with van der Waals surface area (Å²) in [7, 11) is 0. The van der Waals surface area contributed by atoms with Crippen molar-refractivity contribution in [3.8, 4) is 0 Å². The van der Waals surface area contributed by atoms with Crippen LogP contribution in [0.4, 0.5) is 8.78 Å². The Morgan fingerprint density at radius 2 is 2.00 bits per heavy atom. The number of rotatable bonds is 3. The number of carbonyl (C=O) groups is 1. The average molecular weight is 282 g/mol. The van der Waals surface area contributed by atoms with Crippen LogP contribution in [0.1, 0.15) is 21.6 Å². The fraction of sp³-hybridized carbons (Fsp3) is 0.143. The molecule has 2 aromatic rings. The summed E-state index contributed by atoms with van der Waals surface area (Å²) in [5.41, 5.74) is 0.793. The van der Waals surface area contributed by atoms with E-state index in [1.54, 1.807) is 13.0 Å². The molecule has 0 spiro atoms. The highest BCUT2D eigenvalue weighted by Gasteiger charge is 2.15. The Balaban J connectivity index is 2.23. The molecule has 0 aliphatic heterocycles. The molecule has 0 N–H and O–H groups in total. The van der Waals surface area contributed by atoms with Gasteiger partial charge in [0, 0.05) is 12.6 Å². The Morgan fingerprint density at radius 3 is 2.63 bits per heavy atom. The maximum Gasteiger partial charge on any atom is 0.188 e. The fourth-order valence-corrected chi connectivity index (χ4v) is 1.85. The van der Waals surface area contributed by atoms with E-state index in [-0.39, 0.29) is 23.0 Å². The van der Waals surface area contributed by atoms with Crippen LogP contribution in [0.25, 0.3) is 0 Å². The number of hydrogen-bond donors (Lipinski definition) is 0. The van der Waals surface area contributed by atoms with E-state index in [4.69, 9.17) is 11.6 Å². The van der Waals surface area contributed by atoms with Crippen LogP contribution in [-0.2, 0) is 6.42 Å². The predicted octanol–water partition coefficient (Wildman–Crippen LogP) is 3.75. The van der Waals surface area contributed by atoms with Gasteiger partial charge < -0.3 is 0 Å². The Labute approximate surface area is 114 Å². The Kier molecular flexibility index (Phi) is 3.90. The zero-order chi connectivity index (χ0) is 14.0. The Bertz CT molecular complexity index is 643. The lowest BCUT2D eigenvalue weighted by Gasteiger charge is -2.04. The van der Waals surface area contributed by atoms with Crippen LogP contribution < -0.4 is 0 Å². The molecule has 98 valence electrons. The summed E-state index contributed by atoms with van der Waals surface area (Å²) < 4.78 is 26.6. The molecule has 0 aliphatic carbocycles. The van der Waals surface area contributed by atoms with Gasteiger partial charge in [0.15, 0.2) is 11.6 Å². The third-order valence-corrected chi connectivity index (χ3v) is 2.87. The lowest BCUT2D eigenvalue weighted by Crippen LogP contribution is -2.09. The van der Waals surface area contributed by atoms with Crippen molar-refractivity contribution >= 4 is 17.4 Å². The van der Waals surface area contributed by atoms with Gasteiger partial charge >= 0.3 is 0 Å². The van der Waals surface area contributed by atoms with Gasteiger partial charge in [0.1, 0.15) is 11.5 Å². The quantitative estimate of drug-likeness (QED) is 0.802. The van der Waals surface area contributed by atoms with Crippen molar-refractivity contribution in [1.82, 2.24) is 4.98 Å². The number of aromatic nitrogens is 1. The molecule has 5 heteroatoms. The minimum atomic E-state index is -0.753. The maximum absolute atomic E-state index is 13.5. The molecule has 0 saturated heterocycles. The van der Waals surface area contributed by atoms with Crippen LogP contribution in [0.3, 0.4) is 0 Å². The van der Waals surface area contributed by atoms with Gasteiger partial charge in [-0.05, 0) is 30.2 Å². The van der Waals surface area contributed by atoms with E-state index >= 15 is 0 Å². The SMILES string of the molecule is Cc1cc(CC(=O)c2ncc(Cl)cc2F)ccc1F. The second kappa shape index (κ2) is 5.45. The molecule has 2 nitrogen and oxygen atoms in total. The van der Waals surface area contributed by atoms with E-state index in [1.165, 1.54) is 18.3 Å². The molecule has 0 atom stereocenters. The number of halogens is 3. The molecule has 0 saturated carbocycles. The maximum atomic E-state index is 13.5. The number of Topliss-reactive ketones (excluding diaryl/α,β-unsaturated/α-hetero) is 1. The molecule has 2 rings (SSSR count). The van der Waals surface area contributed by atoms with E-state index in [9.17, 15) is 13.6 Å². The van der Waals surface area contributed by atoms with Gasteiger partial charge in [0.25, 0.3) is 0 Å². The second-order valence-corrected chi connectivity index (χ2v) is 4.60. The summed E-state index contributed by atoms with van der Waals surface area (Å²) in [6, 6.07) is 5.37. The highest BCUT2D eigenvalue weighted by molar-refractivity contribution is 6.30. The normalized spacial score (nSPS) is 10.5. The van der Waals surface area contributed by atoms with Crippen molar-refractivity contribution < 1.29 is 13.6 Å². The minimum absolute atomic E-state index is 0.0350. The first kappa shape index (κ1) is 13.6. The molecule has 0 fully saturated rings. The van der Waals surface area contributed by atoms with Crippen LogP contribution in [0, 0.1) is 18.6 Å². The van der Waals surface area contributed by atoms with Gasteiger partial charge in [-0.15, -0.1) is 0 Å². The summed E-state index contributed by atoms with van der Waals surface area (Å²) in [5, 5.41) is 0.131. The molecule has 0 amide bonds. The highest BCUT2D eigenvalue weighted by Crippen LogP contribution is 2.15. The standard InChI is InChI=1S/C14H10ClF2NO/c1-8-4-9(2-3-11(8)16)5-13(19)14-12(17)6-10(15)7-18-14/h2-4,6-7H,5H2,1H3. The van der Waals surface area contributed by atoms with E-state index < -0.39 is 11.6 Å². The van der Waals surface area contributed by atoms with Crippen LogP contribution in [0.15, 0.2) is 30.5 Å². The fourth-order valence-electron chi connectivity index (χ4n) is 1.71. The molecule has 0 bridgehead atoms. The average Bonchev–Trinajstić information content (AvgIpc) is 2.33. The molecule has 0 radical (unpaired) electrons. The summed E-state index contributed by atoms with van der Waals surface area (Å²) >= 11 is 5.56. The lowest BCUT2D eigenvalue weighted by atomic mass is 10.0. The highest BCUT2D eigenvalue weighted by atomic mass is 35.5. The predicted molar refractivity (Wildman–Crippen MR) is 68.4 cm³/mol. The van der Waals surface area contributed by atoms with Gasteiger partial charge in [-0.2, -0.15) is 0 Å². The molecule has 19 heavy (non-hydrogen) atoms. The third-order valence-electron chi connectivity index (χ3n) is 2.66. The molecular weight excluding hydrogens is 272 g/mol. The van der Waals surface area contributed by atoms with Crippen molar-refractivity contribution in [2.45, 2.75) is 13.3 Å².